The minimum atomic E-state index is -0.479. The summed E-state index contributed by atoms with van der Waals surface area (Å²) in [6.07, 6.45) is -0.479. The fraction of sp³-hybridized carbons (Fsp3) is 0.571. The molecule has 0 saturated carbocycles. The van der Waals surface area contributed by atoms with E-state index in [-0.39, 0.29) is 6.54 Å². The van der Waals surface area contributed by atoms with Gasteiger partial charge in [0.2, 0.25) is 0 Å². The predicted octanol–water partition coefficient (Wildman–Crippen LogP) is 1.06. The molecule has 0 spiro atoms. The van der Waals surface area contributed by atoms with Crippen molar-refractivity contribution in [2.75, 3.05) is 27.2 Å². The zero-order chi connectivity index (χ0) is 13.7. The number of aliphatic hydroxyl groups is 1. The number of methoxy groups -OCH3 is 1. The Morgan fingerprint density at radius 1 is 1.33 bits per heavy atom. The van der Waals surface area contributed by atoms with Crippen LogP contribution >= 0.6 is 0 Å². The number of aliphatic hydroxyl groups excluding tert-OH is 1. The molecular formula is C14H24N2O2. The van der Waals surface area contributed by atoms with Gasteiger partial charge in [0.1, 0.15) is 5.75 Å². The molecule has 18 heavy (non-hydrogen) atoms. The summed E-state index contributed by atoms with van der Waals surface area (Å²) in [5.41, 5.74) is 9.02. The predicted molar refractivity (Wildman–Crippen MR) is 73.9 cm³/mol. The molecule has 4 nitrogen and oxygen atoms in total. The van der Waals surface area contributed by atoms with Crippen LogP contribution in [-0.4, -0.2) is 43.4 Å². The first-order chi connectivity index (χ1) is 8.47. The van der Waals surface area contributed by atoms with E-state index < -0.39 is 6.10 Å². The molecular weight excluding hydrogens is 228 g/mol. The van der Waals surface area contributed by atoms with Crippen LogP contribution in [0.3, 0.4) is 0 Å². The number of hydrogen-bond acceptors (Lipinski definition) is 4. The Labute approximate surface area is 109 Å². The number of nitrogens with zero attached hydrogens (tertiary/aromatic N) is 1. The van der Waals surface area contributed by atoms with Crippen LogP contribution in [0.1, 0.15) is 16.7 Å². The second kappa shape index (κ2) is 6.73. The lowest BCUT2D eigenvalue weighted by molar-refractivity contribution is 0.129. The van der Waals surface area contributed by atoms with Crippen LogP contribution in [0.5, 0.6) is 5.75 Å². The lowest BCUT2D eigenvalue weighted by Crippen LogP contribution is -2.33. The molecule has 0 bridgehead atoms. The standard InChI is InChI=1S/C14H24N2O2/c1-10-5-12(14(18-4)6-11(10)2)8-16(3)9-13(17)7-15/h5-6,13,17H,7-9,15H2,1-4H3. The molecule has 0 amide bonds. The fourth-order valence-electron chi connectivity index (χ4n) is 1.95. The third-order valence-electron chi connectivity index (χ3n) is 3.13. The zero-order valence-corrected chi connectivity index (χ0v) is 11.7. The monoisotopic (exact) mass is 252 g/mol. The molecule has 0 saturated heterocycles. The normalized spacial score (nSPS) is 12.8. The maximum atomic E-state index is 9.53. The van der Waals surface area contributed by atoms with Crippen molar-refractivity contribution in [3.8, 4) is 5.75 Å². The van der Waals surface area contributed by atoms with E-state index in [2.05, 4.69) is 26.0 Å². The zero-order valence-electron chi connectivity index (χ0n) is 11.7. The topological polar surface area (TPSA) is 58.7 Å². The first-order valence-corrected chi connectivity index (χ1v) is 6.18. The summed E-state index contributed by atoms with van der Waals surface area (Å²) < 4.78 is 5.40. The fourth-order valence-corrected chi connectivity index (χ4v) is 1.95. The number of likely N-dealkylation sites (N-methyl/N-ethyl adjacent to an activating group) is 1. The molecule has 0 fully saturated rings. The highest BCUT2D eigenvalue weighted by atomic mass is 16.5. The molecule has 1 aromatic carbocycles. The summed E-state index contributed by atoms with van der Waals surface area (Å²) in [6.45, 7) is 5.75. The maximum Gasteiger partial charge on any atom is 0.123 e. The van der Waals surface area contributed by atoms with E-state index in [1.807, 2.05) is 11.9 Å². The second-order valence-corrected chi connectivity index (χ2v) is 4.83. The van der Waals surface area contributed by atoms with Crippen LogP contribution in [0.2, 0.25) is 0 Å². The van der Waals surface area contributed by atoms with Crippen LogP contribution < -0.4 is 10.5 Å². The van der Waals surface area contributed by atoms with E-state index in [9.17, 15) is 5.11 Å². The molecule has 4 heteroatoms. The Morgan fingerprint density at radius 2 is 1.94 bits per heavy atom. The third kappa shape index (κ3) is 3.98. The van der Waals surface area contributed by atoms with E-state index in [0.717, 1.165) is 17.9 Å². The summed E-state index contributed by atoms with van der Waals surface area (Å²) in [6, 6.07) is 4.19. The van der Waals surface area contributed by atoms with Gasteiger partial charge in [0, 0.05) is 25.2 Å². The Hall–Kier alpha value is -1.10. The summed E-state index contributed by atoms with van der Waals surface area (Å²) in [5.74, 6) is 0.896. The number of hydrogen-bond donors (Lipinski definition) is 2. The van der Waals surface area contributed by atoms with Gasteiger partial charge in [0.05, 0.1) is 13.2 Å². The number of nitrogens with two attached hydrogens (primary N) is 1. The molecule has 1 atom stereocenters. The van der Waals surface area contributed by atoms with Crippen molar-refractivity contribution < 1.29 is 9.84 Å². The minimum absolute atomic E-state index is 0.286. The first kappa shape index (κ1) is 15.0. The largest absolute Gasteiger partial charge is 0.496 e. The molecule has 1 rings (SSSR count). The number of aryl methyl sites for hydroxylation is 2. The van der Waals surface area contributed by atoms with E-state index in [0.29, 0.717) is 6.54 Å². The van der Waals surface area contributed by atoms with Gasteiger partial charge in [-0.3, -0.25) is 4.90 Å². The summed E-state index contributed by atoms with van der Waals surface area (Å²) in [5, 5.41) is 9.53. The van der Waals surface area contributed by atoms with Gasteiger partial charge in [-0.2, -0.15) is 0 Å². The summed E-state index contributed by atoms with van der Waals surface area (Å²) in [4.78, 5) is 2.05. The van der Waals surface area contributed by atoms with E-state index in [1.165, 1.54) is 11.1 Å². The first-order valence-electron chi connectivity index (χ1n) is 6.18. The Bertz CT molecular complexity index is 394. The molecule has 102 valence electrons. The summed E-state index contributed by atoms with van der Waals surface area (Å²) >= 11 is 0. The maximum absolute atomic E-state index is 9.53. The average molecular weight is 252 g/mol. The van der Waals surface area contributed by atoms with Crippen molar-refractivity contribution in [3.05, 3.63) is 28.8 Å². The van der Waals surface area contributed by atoms with Crippen molar-refractivity contribution in [2.45, 2.75) is 26.5 Å². The van der Waals surface area contributed by atoms with Crippen LogP contribution in [0.25, 0.3) is 0 Å². The van der Waals surface area contributed by atoms with Gasteiger partial charge < -0.3 is 15.6 Å². The van der Waals surface area contributed by atoms with E-state index in [4.69, 9.17) is 10.5 Å². The van der Waals surface area contributed by atoms with Crippen LogP contribution in [0.4, 0.5) is 0 Å². The van der Waals surface area contributed by atoms with Crippen molar-refractivity contribution >= 4 is 0 Å². The number of benzene rings is 1. The van der Waals surface area contributed by atoms with Gasteiger partial charge in [-0.1, -0.05) is 6.07 Å². The van der Waals surface area contributed by atoms with Gasteiger partial charge in [-0.05, 0) is 38.1 Å². The lowest BCUT2D eigenvalue weighted by Gasteiger charge is -2.21. The second-order valence-electron chi connectivity index (χ2n) is 4.83. The van der Waals surface area contributed by atoms with Crippen molar-refractivity contribution in [3.63, 3.8) is 0 Å². The smallest absolute Gasteiger partial charge is 0.123 e. The van der Waals surface area contributed by atoms with Gasteiger partial charge in [-0.25, -0.2) is 0 Å². The van der Waals surface area contributed by atoms with Crippen molar-refractivity contribution in [2.24, 2.45) is 5.73 Å². The molecule has 0 heterocycles. The van der Waals surface area contributed by atoms with Crippen LogP contribution in [0, 0.1) is 13.8 Å². The van der Waals surface area contributed by atoms with E-state index in [1.54, 1.807) is 7.11 Å². The quantitative estimate of drug-likeness (QED) is 0.795. The summed E-state index contributed by atoms with van der Waals surface area (Å²) in [7, 11) is 3.65. The molecule has 0 radical (unpaired) electrons. The molecule has 0 aliphatic heterocycles. The molecule has 0 aromatic heterocycles. The van der Waals surface area contributed by atoms with Crippen molar-refractivity contribution in [1.82, 2.24) is 4.90 Å². The minimum Gasteiger partial charge on any atom is -0.496 e. The van der Waals surface area contributed by atoms with Crippen LogP contribution in [-0.2, 0) is 6.54 Å². The number of rotatable bonds is 6. The molecule has 1 aromatic rings. The number of ether oxygens (including phenoxy) is 1. The highest BCUT2D eigenvalue weighted by Crippen LogP contribution is 2.24. The Balaban J connectivity index is 2.80. The van der Waals surface area contributed by atoms with Gasteiger partial charge in [0.25, 0.3) is 0 Å². The van der Waals surface area contributed by atoms with E-state index >= 15 is 0 Å². The van der Waals surface area contributed by atoms with Gasteiger partial charge in [0.15, 0.2) is 0 Å². The highest BCUT2D eigenvalue weighted by molar-refractivity contribution is 5.41. The van der Waals surface area contributed by atoms with Crippen LogP contribution in [0.15, 0.2) is 12.1 Å². The molecule has 1 unspecified atom stereocenters. The van der Waals surface area contributed by atoms with Gasteiger partial charge in [-0.15, -0.1) is 0 Å². The SMILES string of the molecule is COc1cc(C)c(C)cc1CN(C)CC(O)CN. The van der Waals surface area contributed by atoms with Gasteiger partial charge >= 0.3 is 0 Å². The third-order valence-corrected chi connectivity index (χ3v) is 3.13. The highest BCUT2D eigenvalue weighted by Gasteiger charge is 2.11. The molecule has 3 N–H and O–H groups in total. The van der Waals surface area contributed by atoms with Crippen molar-refractivity contribution in [1.29, 1.82) is 0 Å². The molecule has 0 aliphatic rings. The Morgan fingerprint density at radius 3 is 2.50 bits per heavy atom. The average Bonchev–Trinajstić information content (AvgIpc) is 2.33. The Kier molecular flexibility index (Phi) is 5.59. The molecule has 0 aliphatic carbocycles. The lowest BCUT2D eigenvalue weighted by atomic mass is 10.0.